The van der Waals surface area contributed by atoms with E-state index in [0.29, 0.717) is 0 Å². The number of benzene rings is 4. The maximum Gasteiger partial charge on any atom is 0.104 e. The summed E-state index contributed by atoms with van der Waals surface area (Å²) in [6.45, 7) is 2.12. The summed E-state index contributed by atoms with van der Waals surface area (Å²) in [6.07, 6.45) is 2.34. The maximum absolute atomic E-state index is 3.77. The molecule has 4 aromatic rings. The van der Waals surface area contributed by atoms with Crippen molar-refractivity contribution < 1.29 is 0 Å². The van der Waals surface area contributed by atoms with Crippen molar-refractivity contribution in [1.82, 2.24) is 10.6 Å². The molecule has 2 unspecified atom stereocenters. The van der Waals surface area contributed by atoms with Crippen molar-refractivity contribution in [3.05, 3.63) is 138 Å². The van der Waals surface area contributed by atoms with Crippen molar-refractivity contribution in [2.24, 2.45) is 0 Å². The summed E-state index contributed by atoms with van der Waals surface area (Å²) < 4.78 is 0. The van der Waals surface area contributed by atoms with E-state index < -0.39 is 0 Å². The van der Waals surface area contributed by atoms with Crippen molar-refractivity contribution in [3.8, 4) is 11.1 Å². The molecule has 0 radical (unpaired) electrons. The first-order valence-corrected chi connectivity index (χ1v) is 10.8. The Morgan fingerprint density at radius 1 is 0.548 bits per heavy atom. The lowest BCUT2D eigenvalue weighted by Gasteiger charge is -2.33. The Bertz CT molecular complexity index is 1160. The summed E-state index contributed by atoms with van der Waals surface area (Å²) in [5.74, 6) is 0. The molecule has 0 bridgehead atoms. The molecule has 2 heteroatoms. The summed E-state index contributed by atoms with van der Waals surface area (Å²) >= 11 is 0. The minimum Gasteiger partial charge on any atom is -0.366 e. The van der Waals surface area contributed by atoms with Gasteiger partial charge in [0.25, 0.3) is 0 Å². The standard InChI is InChI=1S/C29H26N2/c1-21-12-14-24(15-13-21)27-20-28(31-29(30-27)26-10-6-3-7-11-26)25-18-16-23(17-19-25)22-8-4-2-5-9-22/h2-20,28-31H,1H3. The predicted octanol–water partition coefficient (Wildman–Crippen LogP) is 6.64. The van der Waals surface area contributed by atoms with Gasteiger partial charge in [0.05, 0.1) is 6.04 Å². The Morgan fingerprint density at radius 2 is 1.13 bits per heavy atom. The van der Waals surface area contributed by atoms with E-state index in [1.807, 2.05) is 0 Å². The fraction of sp³-hybridized carbons (Fsp3) is 0.103. The zero-order valence-electron chi connectivity index (χ0n) is 17.6. The van der Waals surface area contributed by atoms with E-state index in [2.05, 4.69) is 133 Å². The molecule has 1 aliphatic rings. The largest absolute Gasteiger partial charge is 0.366 e. The van der Waals surface area contributed by atoms with Crippen LogP contribution >= 0.6 is 0 Å². The van der Waals surface area contributed by atoms with Crippen LogP contribution in [0.25, 0.3) is 16.8 Å². The van der Waals surface area contributed by atoms with Gasteiger partial charge in [-0.25, -0.2) is 0 Å². The molecule has 1 aliphatic heterocycles. The molecule has 0 aromatic heterocycles. The van der Waals surface area contributed by atoms with E-state index in [4.69, 9.17) is 0 Å². The normalized spacial score (nSPS) is 18.2. The topological polar surface area (TPSA) is 24.1 Å². The van der Waals surface area contributed by atoms with Gasteiger partial charge in [0.1, 0.15) is 6.17 Å². The van der Waals surface area contributed by atoms with Crippen LogP contribution in [0.15, 0.2) is 115 Å². The average Bonchev–Trinajstić information content (AvgIpc) is 2.85. The lowest BCUT2D eigenvalue weighted by atomic mass is 9.96. The molecule has 2 atom stereocenters. The minimum atomic E-state index is 0.0429. The van der Waals surface area contributed by atoms with Gasteiger partial charge in [-0.15, -0.1) is 0 Å². The Hall–Kier alpha value is -3.62. The first-order chi connectivity index (χ1) is 15.3. The smallest absolute Gasteiger partial charge is 0.104 e. The Kier molecular flexibility index (Phi) is 5.39. The van der Waals surface area contributed by atoms with Crippen LogP contribution in [-0.4, -0.2) is 0 Å². The zero-order chi connectivity index (χ0) is 21.0. The highest BCUT2D eigenvalue weighted by atomic mass is 15.2. The molecule has 0 aliphatic carbocycles. The molecule has 0 fully saturated rings. The van der Waals surface area contributed by atoms with E-state index in [0.717, 1.165) is 5.70 Å². The zero-order valence-corrected chi connectivity index (χ0v) is 17.6. The number of hydrogen-bond acceptors (Lipinski definition) is 2. The van der Waals surface area contributed by atoms with Crippen LogP contribution in [-0.2, 0) is 0 Å². The minimum absolute atomic E-state index is 0.0429. The van der Waals surface area contributed by atoms with Gasteiger partial charge in [-0.2, -0.15) is 0 Å². The van der Waals surface area contributed by atoms with Crippen LogP contribution in [0.5, 0.6) is 0 Å². The van der Waals surface area contributed by atoms with Gasteiger partial charge in [-0.05, 0) is 40.8 Å². The van der Waals surface area contributed by atoms with E-state index in [9.17, 15) is 0 Å². The fourth-order valence-electron chi connectivity index (χ4n) is 4.08. The van der Waals surface area contributed by atoms with Crippen LogP contribution in [0, 0.1) is 6.92 Å². The molecular formula is C29H26N2. The lowest BCUT2D eigenvalue weighted by molar-refractivity contribution is 0.442. The number of rotatable bonds is 4. The summed E-state index contributed by atoms with van der Waals surface area (Å²) in [7, 11) is 0. The van der Waals surface area contributed by atoms with Crippen LogP contribution in [0.2, 0.25) is 0 Å². The second kappa shape index (κ2) is 8.63. The van der Waals surface area contributed by atoms with Crippen molar-refractivity contribution >= 4 is 5.70 Å². The van der Waals surface area contributed by atoms with E-state index >= 15 is 0 Å². The van der Waals surface area contributed by atoms with Gasteiger partial charge in [0.2, 0.25) is 0 Å². The highest BCUT2D eigenvalue weighted by Crippen LogP contribution is 2.30. The molecule has 0 amide bonds. The third-order valence-corrected chi connectivity index (χ3v) is 5.85. The molecule has 0 saturated heterocycles. The summed E-state index contributed by atoms with van der Waals surface area (Å²) in [5, 5.41) is 7.46. The molecule has 2 nitrogen and oxygen atoms in total. The maximum atomic E-state index is 3.77. The Balaban J connectivity index is 1.49. The molecule has 0 spiro atoms. The third kappa shape index (κ3) is 4.30. The predicted molar refractivity (Wildman–Crippen MR) is 129 cm³/mol. The second-order valence-corrected chi connectivity index (χ2v) is 8.07. The van der Waals surface area contributed by atoms with Crippen LogP contribution in [0.3, 0.4) is 0 Å². The first kappa shape index (κ1) is 19.3. The first-order valence-electron chi connectivity index (χ1n) is 10.8. The van der Waals surface area contributed by atoms with Crippen molar-refractivity contribution in [2.75, 3.05) is 0 Å². The monoisotopic (exact) mass is 402 g/mol. The van der Waals surface area contributed by atoms with Gasteiger partial charge in [-0.3, -0.25) is 5.32 Å². The van der Waals surface area contributed by atoms with Crippen molar-refractivity contribution in [1.29, 1.82) is 0 Å². The van der Waals surface area contributed by atoms with Gasteiger partial charge in [0.15, 0.2) is 0 Å². The van der Waals surface area contributed by atoms with E-state index in [-0.39, 0.29) is 12.2 Å². The van der Waals surface area contributed by atoms with Gasteiger partial charge >= 0.3 is 0 Å². The molecule has 1 heterocycles. The summed E-state index contributed by atoms with van der Waals surface area (Å²) in [6, 6.07) is 38.8. The molecular weight excluding hydrogens is 376 g/mol. The third-order valence-electron chi connectivity index (χ3n) is 5.85. The molecule has 4 aromatic carbocycles. The highest BCUT2D eigenvalue weighted by molar-refractivity contribution is 5.67. The number of hydrogen-bond donors (Lipinski definition) is 2. The van der Waals surface area contributed by atoms with Gasteiger partial charge in [0, 0.05) is 5.70 Å². The molecule has 152 valence electrons. The van der Waals surface area contributed by atoms with Crippen molar-refractivity contribution in [3.63, 3.8) is 0 Å². The molecule has 31 heavy (non-hydrogen) atoms. The summed E-state index contributed by atoms with van der Waals surface area (Å²) in [5.41, 5.74) is 8.60. The molecule has 2 N–H and O–H groups in total. The van der Waals surface area contributed by atoms with Gasteiger partial charge in [-0.1, -0.05) is 115 Å². The van der Waals surface area contributed by atoms with E-state index in [1.54, 1.807) is 0 Å². The Labute approximate surface area is 184 Å². The lowest BCUT2D eigenvalue weighted by Crippen LogP contribution is -2.39. The highest BCUT2D eigenvalue weighted by Gasteiger charge is 2.23. The molecule has 5 rings (SSSR count). The second-order valence-electron chi connectivity index (χ2n) is 8.07. The Morgan fingerprint density at radius 3 is 1.81 bits per heavy atom. The molecule has 0 saturated carbocycles. The van der Waals surface area contributed by atoms with Crippen LogP contribution < -0.4 is 10.6 Å². The van der Waals surface area contributed by atoms with Crippen LogP contribution in [0.1, 0.15) is 34.5 Å². The quantitative estimate of drug-likeness (QED) is 0.400. The van der Waals surface area contributed by atoms with Crippen LogP contribution in [0.4, 0.5) is 0 Å². The van der Waals surface area contributed by atoms with Gasteiger partial charge < -0.3 is 5.32 Å². The van der Waals surface area contributed by atoms with E-state index in [1.165, 1.54) is 33.4 Å². The van der Waals surface area contributed by atoms with Crippen molar-refractivity contribution in [2.45, 2.75) is 19.1 Å². The number of nitrogens with one attached hydrogen (secondary N) is 2. The summed E-state index contributed by atoms with van der Waals surface area (Å²) in [4.78, 5) is 0. The number of aryl methyl sites for hydroxylation is 1. The fourth-order valence-corrected chi connectivity index (χ4v) is 4.08. The SMILES string of the molecule is Cc1ccc(C2=CC(c3ccc(-c4ccccc4)cc3)NC(c3ccccc3)N2)cc1. The average molecular weight is 403 g/mol.